The molecule has 1 aliphatic rings. The first-order chi connectivity index (χ1) is 10.5. The van der Waals surface area contributed by atoms with Crippen LogP contribution in [0.5, 0.6) is 5.75 Å². The molecular formula is C19H26N2O. The molecule has 3 rings (SSSR count). The number of ether oxygens (including phenoxy) is 1. The first kappa shape index (κ1) is 15.3. The molecule has 0 radical (unpaired) electrons. The smallest absolute Gasteiger partial charge is 0.145 e. The van der Waals surface area contributed by atoms with Gasteiger partial charge in [0.1, 0.15) is 11.9 Å². The van der Waals surface area contributed by atoms with E-state index in [0.29, 0.717) is 6.04 Å². The quantitative estimate of drug-likeness (QED) is 0.852. The van der Waals surface area contributed by atoms with Crippen molar-refractivity contribution >= 4 is 10.8 Å². The number of hydrogen-bond acceptors (Lipinski definition) is 3. The Morgan fingerprint density at radius 3 is 2.68 bits per heavy atom. The van der Waals surface area contributed by atoms with Gasteiger partial charge in [-0.05, 0) is 12.0 Å². The molecule has 3 nitrogen and oxygen atoms in total. The number of likely N-dealkylation sites (N-methyl/N-ethyl adjacent to an activating group) is 1. The van der Waals surface area contributed by atoms with Gasteiger partial charge in [-0.25, -0.2) is 0 Å². The largest absolute Gasteiger partial charge is 0.487 e. The van der Waals surface area contributed by atoms with Gasteiger partial charge in [0, 0.05) is 36.0 Å². The Labute approximate surface area is 133 Å². The number of likely N-dealkylation sites (tertiary alicyclic amines) is 1. The highest BCUT2D eigenvalue weighted by Gasteiger charge is 2.39. The van der Waals surface area contributed by atoms with Crippen molar-refractivity contribution in [3.63, 3.8) is 0 Å². The molecule has 1 aliphatic heterocycles. The highest BCUT2D eigenvalue weighted by Crippen LogP contribution is 2.35. The maximum atomic E-state index is 6.34. The zero-order valence-electron chi connectivity index (χ0n) is 14.0. The molecule has 1 fully saturated rings. The molecule has 118 valence electrons. The van der Waals surface area contributed by atoms with E-state index in [1.165, 1.54) is 0 Å². The Hall–Kier alpha value is -1.61. The molecule has 2 aromatic rings. The van der Waals surface area contributed by atoms with Crippen molar-refractivity contribution < 1.29 is 4.74 Å². The molecule has 1 aromatic carbocycles. The van der Waals surface area contributed by atoms with E-state index in [1.807, 2.05) is 18.5 Å². The van der Waals surface area contributed by atoms with Gasteiger partial charge in [-0.2, -0.15) is 0 Å². The van der Waals surface area contributed by atoms with Crippen molar-refractivity contribution in [1.82, 2.24) is 9.88 Å². The zero-order chi connectivity index (χ0) is 15.7. The fraction of sp³-hybridized carbons (Fsp3) is 0.526. The van der Waals surface area contributed by atoms with Gasteiger partial charge in [-0.1, -0.05) is 52.0 Å². The van der Waals surface area contributed by atoms with Crippen molar-refractivity contribution in [2.75, 3.05) is 13.1 Å². The van der Waals surface area contributed by atoms with Gasteiger partial charge in [0.25, 0.3) is 0 Å². The maximum Gasteiger partial charge on any atom is 0.145 e. The average molecular weight is 298 g/mol. The lowest BCUT2D eigenvalue weighted by Gasteiger charge is -2.33. The summed E-state index contributed by atoms with van der Waals surface area (Å²) >= 11 is 0. The fourth-order valence-corrected chi connectivity index (χ4v) is 3.56. The van der Waals surface area contributed by atoms with Gasteiger partial charge < -0.3 is 4.74 Å². The highest BCUT2D eigenvalue weighted by molar-refractivity contribution is 5.87. The van der Waals surface area contributed by atoms with Crippen LogP contribution in [0.25, 0.3) is 10.8 Å². The molecule has 0 spiro atoms. The van der Waals surface area contributed by atoms with Crippen LogP contribution < -0.4 is 4.74 Å². The van der Waals surface area contributed by atoms with Crippen LogP contribution in [0.3, 0.4) is 0 Å². The fourth-order valence-electron chi connectivity index (χ4n) is 3.56. The van der Waals surface area contributed by atoms with E-state index in [2.05, 4.69) is 55.8 Å². The van der Waals surface area contributed by atoms with E-state index >= 15 is 0 Å². The van der Waals surface area contributed by atoms with Gasteiger partial charge in [-0.15, -0.1) is 0 Å². The third-order valence-electron chi connectivity index (χ3n) is 4.70. The second kappa shape index (κ2) is 5.88. The standard InChI is InChI=1S/C19H26N2O/c1-5-21-13-15(10-18(21)19(2,3)4)22-17-12-20-11-14-8-6-7-9-16(14)17/h6-9,11-12,15,18H,5,10,13H2,1-4H3. The first-order valence-electron chi connectivity index (χ1n) is 8.22. The van der Waals surface area contributed by atoms with Crippen LogP contribution in [-0.2, 0) is 0 Å². The highest BCUT2D eigenvalue weighted by atomic mass is 16.5. The summed E-state index contributed by atoms with van der Waals surface area (Å²) in [6, 6.07) is 8.86. The lowest BCUT2D eigenvalue weighted by molar-refractivity contribution is 0.147. The number of benzene rings is 1. The van der Waals surface area contributed by atoms with Crippen LogP contribution in [0.4, 0.5) is 0 Å². The van der Waals surface area contributed by atoms with Crippen molar-refractivity contribution in [2.24, 2.45) is 5.41 Å². The summed E-state index contributed by atoms with van der Waals surface area (Å²) in [7, 11) is 0. The van der Waals surface area contributed by atoms with E-state index in [0.717, 1.165) is 36.0 Å². The first-order valence-corrected chi connectivity index (χ1v) is 8.22. The zero-order valence-corrected chi connectivity index (χ0v) is 14.0. The molecule has 0 saturated carbocycles. The van der Waals surface area contributed by atoms with E-state index in [9.17, 15) is 0 Å². The summed E-state index contributed by atoms with van der Waals surface area (Å²) in [6.45, 7) is 11.3. The van der Waals surface area contributed by atoms with E-state index in [1.54, 1.807) is 0 Å². The van der Waals surface area contributed by atoms with Crippen molar-refractivity contribution in [3.05, 3.63) is 36.7 Å². The van der Waals surface area contributed by atoms with E-state index < -0.39 is 0 Å². The Kier molecular flexibility index (Phi) is 4.09. The number of pyridine rings is 1. The summed E-state index contributed by atoms with van der Waals surface area (Å²) in [4.78, 5) is 6.87. The van der Waals surface area contributed by atoms with Crippen LogP contribution >= 0.6 is 0 Å². The van der Waals surface area contributed by atoms with Gasteiger partial charge in [-0.3, -0.25) is 9.88 Å². The Balaban J connectivity index is 1.81. The second-order valence-corrected chi connectivity index (χ2v) is 7.30. The number of aromatic nitrogens is 1. The number of nitrogens with zero attached hydrogens (tertiary/aromatic N) is 2. The molecule has 2 atom stereocenters. The van der Waals surface area contributed by atoms with Crippen LogP contribution in [0.1, 0.15) is 34.1 Å². The lowest BCUT2D eigenvalue weighted by atomic mass is 9.85. The molecule has 3 heteroatoms. The minimum atomic E-state index is 0.247. The number of hydrogen-bond donors (Lipinski definition) is 0. The van der Waals surface area contributed by atoms with Gasteiger partial charge in [0.2, 0.25) is 0 Å². The monoisotopic (exact) mass is 298 g/mol. The SMILES string of the molecule is CCN1CC(Oc2cncc3ccccc23)CC1C(C)(C)C. The molecule has 0 aliphatic carbocycles. The van der Waals surface area contributed by atoms with Gasteiger partial charge >= 0.3 is 0 Å². The van der Waals surface area contributed by atoms with Gasteiger partial charge in [0.05, 0.1) is 6.20 Å². The van der Waals surface area contributed by atoms with Crippen LogP contribution in [0.15, 0.2) is 36.7 Å². The third-order valence-corrected chi connectivity index (χ3v) is 4.70. The molecular weight excluding hydrogens is 272 g/mol. The molecule has 0 amide bonds. The molecule has 0 bridgehead atoms. The lowest BCUT2D eigenvalue weighted by Crippen LogP contribution is -2.39. The van der Waals surface area contributed by atoms with Crippen molar-refractivity contribution in [3.8, 4) is 5.75 Å². The summed E-state index contributed by atoms with van der Waals surface area (Å²) < 4.78 is 6.34. The Morgan fingerprint density at radius 1 is 1.23 bits per heavy atom. The minimum Gasteiger partial charge on any atom is -0.487 e. The summed E-state index contributed by atoms with van der Waals surface area (Å²) in [5.41, 5.74) is 0.283. The van der Waals surface area contributed by atoms with Crippen molar-refractivity contribution in [2.45, 2.75) is 46.3 Å². The van der Waals surface area contributed by atoms with Crippen molar-refractivity contribution in [1.29, 1.82) is 0 Å². The van der Waals surface area contributed by atoms with Gasteiger partial charge in [0.15, 0.2) is 0 Å². The summed E-state index contributed by atoms with van der Waals surface area (Å²) in [6.07, 6.45) is 5.08. The summed E-state index contributed by atoms with van der Waals surface area (Å²) in [5.74, 6) is 0.911. The number of fused-ring (bicyclic) bond motifs is 1. The summed E-state index contributed by atoms with van der Waals surface area (Å²) in [5, 5.41) is 2.29. The topological polar surface area (TPSA) is 25.4 Å². The Morgan fingerprint density at radius 2 is 2.00 bits per heavy atom. The van der Waals surface area contributed by atoms with E-state index in [4.69, 9.17) is 4.74 Å². The Bertz CT molecular complexity index is 642. The molecule has 2 unspecified atom stereocenters. The predicted molar refractivity (Wildman–Crippen MR) is 91.3 cm³/mol. The second-order valence-electron chi connectivity index (χ2n) is 7.30. The normalized spacial score (nSPS) is 23.1. The molecule has 0 N–H and O–H groups in total. The van der Waals surface area contributed by atoms with Crippen LogP contribution in [-0.4, -0.2) is 35.1 Å². The maximum absolute atomic E-state index is 6.34. The third kappa shape index (κ3) is 2.95. The van der Waals surface area contributed by atoms with E-state index in [-0.39, 0.29) is 11.5 Å². The number of rotatable bonds is 3. The predicted octanol–water partition coefficient (Wildman–Crippen LogP) is 4.12. The molecule has 22 heavy (non-hydrogen) atoms. The molecule has 1 aromatic heterocycles. The van der Waals surface area contributed by atoms with Crippen LogP contribution in [0.2, 0.25) is 0 Å². The average Bonchev–Trinajstić information content (AvgIpc) is 2.91. The van der Waals surface area contributed by atoms with Crippen LogP contribution in [0, 0.1) is 5.41 Å². The molecule has 2 heterocycles. The minimum absolute atomic E-state index is 0.247. The molecule has 1 saturated heterocycles.